The fourth-order valence-corrected chi connectivity index (χ4v) is 5.05. The lowest BCUT2D eigenvalue weighted by Crippen LogP contribution is -2.58. The number of ether oxygens (including phenoxy) is 4. The van der Waals surface area contributed by atoms with Gasteiger partial charge < -0.3 is 28.6 Å². The maximum absolute atomic E-state index is 11.5. The van der Waals surface area contributed by atoms with Gasteiger partial charge in [0, 0.05) is 18.7 Å². The lowest BCUT2D eigenvalue weighted by atomic mass is 9.97. The maximum Gasteiger partial charge on any atom is 0.163 e. The summed E-state index contributed by atoms with van der Waals surface area (Å²) in [6, 6.07) is 27.5. The smallest absolute Gasteiger partial charge is 0.163 e. The van der Waals surface area contributed by atoms with E-state index in [0.29, 0.717) is 18.2 Å². The van der Waals surface area contributed by atoms with Crippen LogP contribution in [0.15, 0.2) is 91.1 Å². The fourth-order valence-electron chi connectivity index (χ4n) is 4.77. The zero-order chi connectivity index (χ0) is 24.9. The Hall–Kier alpha value is -2.71. The average Bonchev–Trinajstić information content (AvgIpc) is 3.35. The summed E-state index contributed by atoms with van der Waals surface area (Å²) >= 11 is 6.55. The van der Waals surface area contributed by atoms with E-state index in [2.05, 4.69) is 0 Å². The van der Waals surface area contributed by atoms with Gasteiger partial charge in [-0.2, -0.15) is 0 Å². The van der Waals surface area contributed by atoms with Crippen molar-refractivity contribution in [3.8, 4) is 0 Å². The summed E-state index contributed by atoms with van der Waals surface area (Å²) in [7, 11) is 1.60. The van der Waals surface area contributed by atoms with E-state index in [0.717, 1.165) is 22.0 Å². The highest BCUT2D eigenvalue weighted by Gasteiger charge is 2.47. The first-order valence-electron chi connectivity index (χ1n) is 12.0. The summed E-state index contributed by atoms with van der Waals surface area (Å²) in [5.41, 5.74) is 2.87. The van der Waals surface area contributed by atoms with Crippen molar-refractivity contribution in [2.75, 3.05) is 13.7 Å². The number of para-hydroxylation sites is 1. The number of aliphatic hydroxyl groups excluding tert-OH is 1. The number of hydrogen-bond acceptors (Lipinski definition) is 5. The number of rotatable bonds is 9. The highest BCUT2D eigenvalue weighted by Crippen LogP contribution is 2.36. The molecule has 6 nitrogen and oxygen atoms in total. The molecule has 1 N–H and O–H groups in total. The molecule has 0 radical (unpaired) electrons. The highest BCUT2D eigenvalue weighted by molar-refractivity contribution is 6.35. The third-order valence-corrected chi connectivity index (χ3v) is 6.85. The first-order chi connectivity index (χ1) is 17.7. The molecule has 1 fully saturated rings. The van der Waals surface area contributed by atoms with Gasteiger partial charge in [-0.25, -0.2) is 0 Å². The number of methoxy groups -OCH3 is 1. The molecule has 5 atom stereocenters. The maximum atomic E-state index is 11.5. The quantitative estimate of drug-likeness (QED) is 0.330. The van der Waals surface area contributed by atoms with E-state index in [1.807, 2.05) is 95.7 Å². The van der Waals surface area contributed by atoms with Gasteiger partial charge in [0.15, 0.2) is 6.23 Å². The molecule has 0 bridgehead atoms. The zero-order valence-corrected chi connectivity index (χ0v) is 20.8. The second-order valence-corrected chi connectivity index (χ2v) is 9.33. The van der Waals surface area contributed by atoms with Gasteiger partial charge in [0.2, 0.25) is 0 Å². The lowest BCUT2D eigenvalue weighted by Gasteiger charge is -2.44. The van der Waals surface area contributed by atoms with Crippen LogP contribution in [0.4, 0.5) is 0 Å². The second kappa shape index (κ2) is 11.6. The van der Waals surface area contributed by atoms with Gasteiger partial charge in [-0.15, -0.1) is 0 Å². The van der Waals surface area contributed by atoms with Gasteiger partial charge in [0.25, 0.3) is 0 Å². The van der Waals surface area contributed by atoms with Gasteiger partial charge in [-0.05, 0) is 23.3 Å². The Morgan fingerprint density at radius 2 is 1.56 bits per heavy atom. The van der Waals surface area contributed by atoms with E-state index < -0.39 is 30.6 Å². The molecule has 1 saturated heterocycles. The molecule has 2 heterocycles. The molecule has 5 rings (SSSR count). The van der Waals surface area contributed by atoms with Crippen LogP contribution < -0.4 is 0 Å². The fraction of sp³-hybridized carbons (Fsp3) is 0.310. The van der Waals surface area contributed by atoms with Crippen molar-refractivity contribution in [2.24, 2.45) is 0 Å². The minimum absolute atomic E-state index is 0.273. The number of nitrogens with zero attached hydrogens (tertiary/aromatic N) is 1. The van der Waals surface area contributed by atoms with Crippen molar-refractivity contribution in [1.29, 1.82) is 0 Å². The van der Waals surface area contributed by atoms with Crippen molar-refractivity contribution in [3.05, 3.63) is 107 Å². The number of benzene rings is 3. The third-order valence-electron chi connectivity index (χ3n) is 6.55. The molecule has 0 saturated carbocycles. The van der Waals surface area contributed by atoms with Crippen molar-refractivity contribution in [3.63, 3.8) is 0 Å². The SMILES string of the molecule is CO[C@H]1[C@H](OCc2ccccc2)[C@@H](O)[C@@H](n2ccc3cccc(Cl)c32)O[C@@H]1COCc1ccccc1. The molecule has 0 unspecified atom stereocenters. The van der Waals surface area contributed by atoms with Crippen LogP contribution in [0.2, 0.25) is 5.02 Å². The van der Waals surface area contributed by atoms with Crippen LogP contribution in [-0.2, 0) is 32.2 Å². The summed E-state index contributed by atoms with van der Waals surface area (Å²) in [4.78, 5) is 0. The van der Waals surface area contributed by atoms with Gasteiger partial charge >= 0.3 is 0 Å². The zero-order valence-electron chi connectivity index (χ0n) is 20.1. The first kappa shape index (κ1) is 25.0. The normalized spacial score (nSPS) is 24.2. The Morgan fingerprint density at radius 1 is 0.861 bits per heavy atom. The molecule has 0 aliphatic carbocycles. The Bertz CT molecular complexity index is 1250. The molecule has 0 amide bonds. The number of hydrogen-bond donors (Lipinski definition) is 1. The van der Waals surface area contributed by atoms with E-state index in [1.165, 1.54) is 0 Å². The molecule has 188 valence electrons. The average molecular weight is 508 g/mol. The van der Waals surface area contributed by atoms with Crippen molar-refractivity contribution in [1.82, 2.24) is 4.57 Å². The minimum Gasteiger partial charge on any atom is -0.386 e. The van der Waals surface area contributed by atoms with Crippen molar-refractivity contribution in [2.45, 2.75) is 43.9 Å². The molecule has 7 heteroatoms. The summed E-state index contributed by atoms with van der Waals surface area (Å²) in [6.07, 6.45) is -1.52. The van der Waals surface area contributed by atoms with Gasteiger partial charge in [-0.3, -0.25) is 0 Å². The molecule has 1 aromatic heterocycles. The predicted octanol–water partition coefficient (Wildman–Crippen LogP) is 5.37. The van der Waals surface area contributed by atoms with Crippen LogP contribution in [0.1, 0.15) is 17.4 Å². The van der Waals surface area contributed by atoms with E-state index in [4.69, 9.17) is 30.5 Å². The van der Waals surface area contributed by atoms with Crippen LogP contribution in [0.3, 0.4) is 0 Å². The second-order valence-electron chi connectivity index (χ2n) is 8.92. The van der Waals surface area contributed by atoms with E-state index in [-0.39, 0.29) is 6.61 Å². The lowest BCUT2D eigenvalue weighted by molar-refractivity contribution is -0.271. The van der Waals surface area contributed by atoms with Gasteiger partial charge in [-0.1, -0.05) is 84.4 Å². The Balaban J connectivity index is 1.41. The van der Waals surface area contributed by atoms with Crippen LogP contribution in [0, 0.1) is 0 Å². The molecular formula is C29H30ClNO5. The van der Waals surface area contributed by atoms with E-state index in [1.54, 1.807) is 7.11 Å². The largest absolute Gasteiger partial charge is 0.386 e. The molecule has 1 aliphatic rings. The summed E-state index contributed by atoms with van der Waals surface area (Å²) in [6.45, 7) is 1.05. The molecule has 3 aromatic carbocycles. The van der Waals surface area contributed by atoms with Crippen LogP contribution in [-0.4, -0.2) is 47.8 Å². The number of halogens is 1. The van der Waals surface area contributed by atoms with Crippen LogP contribution in [0.5, 0.6) is 0 Å². The molecule has 1 aliphatic heterocycles. The van der Waals surface area contributed by atoms with E-state index >= 15 is 0 Å². The predicted molar refractivity (Wildman–Crippen MR) is 139 cm³/mol. The number of aliphatic hydroxyl groups is 1. The topological polar surface area (TPSA) is 62.1 Å². The third kappa shape index (κ3) is 5.34. The number of aromatic nitrogens is 1. The van der Waals surface area contributed by atoms with Gasteiger partial charge in [0.05, 0.1) is 30.4 Å². The van der Waals surface area contributed by atoms with Gasteiger partial charge in [0.1, 0.15) is 24.4 Å². The van der Waals surface area contributed by atoms with Crippen molar-refractivity contribution < 1.29 is 24.1 Å². The molecular weight excluding hydrogens is 478 g/mol. The van der Waals surface area contributed by atoms with Crippen LogP contribution >= 0.6 is 11.6 Å². The summed E-state index contributed by atoms with van der Waals surface area (Å²) in [5, 5.41) is 13.1. The Kier molecular flexibility index (Phi) is 8.02. The van der Waals surface area contributed by atoms with E-state index in [9.17, 15) is 5.11 Å². The summed E-state index contributed by atoms with van der Waals surface area (Å²) < 4.78 is 26.5. The summed E-state index contributed by atoms with van der Waals surface area (Å²) in [5.74, 6) is 0. The van der Waals surface area contributed by atoms with Crippen LogP contribution in [0.25, 0.3) is 10.9 Å². The first-order valence-corrected chi connectivity index (χ1v) is 12.4. The molecule has 36 heavy (non-hydrogen) atoms. The minimum atomic E-state index is -1.00. The highest BCUT2D eigenvalue weighted by atomic mass is 35.5. The molecule has 4 aromatic rings. The standard InChI is InChI=1S/C29H30ClNO5/c1-33-27-24(19-34-17-20-9-4-2-5-10-20)36-29(31-16-15-22-13-8-14-23(30)25(22)31)26(32)28(27)35-18-21-11-6-3-7-12-21/h2-16,24,26-29,32H,17-19H2,1H3/t24-,26-,27-,28-,29+/m1/s1. The Morgan fingerprint density at radius 3 is 2.25 bits per heavy atom. The monoisotopic (exact) mass is 507 g/mol. The Labute approximate surface area is 215 Å². The molecule has 0 spiro atoms. The number of fused-ring (bicyclic) bond motifs is 1. The van der Waals surface area contributed by atoms with Crippen molar-refractivity contribution >= 4 is 22.5 Å².